The molecule has 3 rings (SSSR count). The van der Waals surface area contributed by atoms with Crippen LogP contribution >= 0.6 is 11.6 Å². The SMILES string of the molecule is Cc1ccccc1-c1nc(C)c(C)n1NC(=O)c1ccc(Cl)cc1. The van der Waals surface area contributed by atoms with Gasteiger partial charge in [0.05, 0.1) is 11.4 Å². The standard InChI is InChI=1S/C19H18ClN3O/c1-12-6-4-5-7-17(12)18-21-13(2)14(3)23(18)22-19(24)15-8-10-16(20)11-9-15/h4-11H,1-3H3,(H,22,24). The van der Waals surface area contributed by atoms with E-state index in [-0.39, 0.29) is 5.91 Å². The van der Waals surface area contributed by atoms with E-state index in [4.69, 9.17) is 11.6 Å². The highest BCUT2D eigenvalue weighted by Crippen LogP contribution is 2.24. The average molecular weight is 340 g/mol. The lowest BCUT2D eigenvalue weighted by Gasteiger charge is -2.13. The van der Waals surface area contributed by atoms with E-state index in [1.54, 1.807) is 28.9 Å². The van der Waals surface area contributed by atoms with Crippen molar-refractivity contribution in [3.8, 4) is 11.4 Å². The molecule has 1 aromatic heterocycles. The minimum atomic E-state index is -0.206. The van der Waals surface area contributed by atoms with Gasteiger partial charge in [-0.25, -0.2) is 9.66 Å². The Bertz CT molecular complexity index is 897. The average Bonchev–Trinajstić information content (AvgIpc) is 2.84. The van der Waals surface area contributed by atoms with E-state index in [2.05, 4.69) is 10.4 Å². The molecule has 24 heavy (non-hydrogen) atoms. The van der Waals surface area contributed by atoms with Gasteiger partial charge in [0, 0.05) is 16.1 Å². The van der Waals surface area contributed by atoms with E-state index < -0.39 is 0 Å². The predicted molar refractivity (Wildman–Crippen MR) is 97.0 cm³/mol. The summed E-state index contributed by atoms with van der Waals surface area (Å²) in [6, 6.07) is 14.8. The second kappa shape index (κ2) is 6.49. The highest BCUT2D eigenvalue weighted by Gasteiger charge is 2.17. The van der Waals surface area contributed by atoms with Crippen LogP contribution in [0.25, 0.3) is 11.4 Å². The van der Waals surface area contributed by atoms with Crippen LogP contribution in [-0.4, -0.2) is 15.6 Å². The number of rotatable bonds is 3. The molecule has 0 atom stereocenters. The molecule has 0 radical (unpaired) electrons. The molecule has 0 aliphatic rings. The van der Waals surface area contributed by atoms with Crippen LogP contribution in [0.1, 0.15) is 27.3 Å². The fraction of sp³-hybridized carbons (Fsp3) is 0.158. The summed E-state index contributed by atoms with van der Waals surface area (Å²) in [7, 11) is 0. The van der Waals surface area contributed by atoms with Crippen LogP contribution in [0, 0.1) is 20.8 Å². The van der Waals surface area contributed by atoms with Gasteiger partial charge in [-0.15, -0.1) is 0 Å². The summed E-state index contributed by atoms with van der Waals surface area (Å²) in [5, 5.41) is 0.599. The van der Waals surface area contributed by atoms with Crippen molar-refractivity contribution in [2.45, 2.75) is 20.8 Å². The Labute approximate surface area is 146 Å². The van der Waals surface area contributed by atoms with Gasteiger partial charge >= 0.3 is 0 Å². The van der Waals surface area contributed by atoms with Gasteiger partial charge in [-0.1, -0.05) is 35.9 Å². The molecule has 0 bridgehead atoms. The lowest BCUT2D eigenvalue weighted by molar-refractivity contribution is 0.101. The Morgan fingerprint density at radius 3 is 2.38 bits per heavy atom. The van der Waals surface area contributed by atoms with Crippen LogP contribution in [0.3, 0.4) is 0 Å². The molecule has 0 saturated carbocycles. The second-order valence-electron chi connectivity index (χ2n) is 5.70. The lowest BCUT2D eigenvalue weighted by Crippen LogP contribution is -2.24. The van der Waals surface area contributed by atoms with Crippen LogP contribution in [0.2, 0.25) is 5.02 Å². The first-order chi connectivity index (χ1) is 11.5. The highest BCUT2D eigenvalue weighted by atomic mass is 35.5. The Kier molecular flexibility index (Phi) is 4.40. The molecule has 0 saturated heterocycles. The maximum absolute atomic E-state index is 12.6. The van der Waals surface area contributed by atoms with E-state index in [1.807, 2.05) is 45.0 Å². The van der Waals surface area contributed by atoms with Gasteiger partial charge in [0.15, 0.2) is 5.82 Å². The predicted octanol–water partition coefficient (Wildman–Crippen LogP) is 4.51. The summed E-state index contributed by atoms with van der Waals surface area (Å²) in [5.74, 6) is 0.521. The quantitative estimate of drug-likeness (QED) is 0.763. The van der Waals surface area contributed by atoms with E-state index in [0.29, 0.717) is 10.6 Å². The van der Waals surface area contributed by atoms with Crippen molar-refractivity contribution in [3.05, 3.63) is 76.1 Å². The zero-order chi connectivity index (χ0) is 17.3. The molecule has 0 spiro atoms. The normalized spacial score (nSPS) is 10.7. The Hall–Kier alpha value is -2.59. The third-order valence-electron chi connectivity index (χ3n) is 4.05. The third-order valence-corrected chi connectivity index (χ3v) is 4.30. The molecule has 1 heterocycles. The van der Waals surface area contributed by atoms with Gasteiger partial charge in [-0.3, -0.25) is 10.2 Å². The molecule has 122 valence electrons. The molecule has 2 aromatic carbocycles. The second-order valence-corrected chi connectivity index (χ2v) is 6.14. The first-order valence-corrected chi connectivity index (χ1v) is 8.04. The number of benzene rings is 2. The van der Waals surface area contributed by atoms with Crippen molar-refractivity contribution in [2.24, 2.45) is 0 Å². The first kappa shape index (κ1) is 16.3. The molecule has 1 amide bonds. The summed E-state index contributed by atoms with van der Waals surface area (Å²) in [5.41, 5.74) is 7.35. The van der Waals surface area contributed by atoms with E-state index >= 15 is 0 Å². The van der Waals surface area contributed by atoms with Crippen molar-refractivity contribution in [3.63, 3.8) is 0 Å². The molecule has 3 aromatic rings. The summed E-state index contributed by atoms with van der Waals surface area (Å²) in [6.45, 7) is 5.90. The van der Waals surface area contributed by atoms with Crippen LogP contribution in [0.5, 0.6) is 0 Å². The minimum Gasteiger partial charge on any atom is -0.267 e. The summed E-state index contributed by atoms with van der Waals surface area (Å²) < 4.78 is 1.74. The lowest BCUT2D eigenvalue weighted by atomic mass is 10.1. The minimum absolute atomic E-state index is 0.206. The first-order valence-electron chi connectivity index (χ1n) is 7.66. The fourth-order valence-corrected chi connectivity index (χ4v) is 2.65. The Morgan fingerprint density at radius 2 is 1.71 bits per heavy atom. The van der Waals surface area contributed by atoms with E-state index in [9.17, 15) is 4.79 Å². The summed E-state index contributed by atoms with van der Waals surface area (Å²) >= 11 is 5.88. The van der Waals surface area contributed by atoms with Crippen LogP contribution in [-0.2, 0) is 0 Å². The molecule has 0 aliphatic heterocycles. The number of hydrogen-bond acceptors (Lipinski definition) is 2. The fourth-order valence-electron chi connectivity index (χ4n) is 2.52. The molecule has 0 fully saturated rings. The van der Waals surface area contributed by atoms with E-state index in [1.165, 1.54) is 0 Å². The number of amides is 1. The number of aryl methyl sites for hydroxylation is 2. The van der Waals surface area contributed by atoms with Crippen LogP contribution in [0.4, 0.5) is 0 Å². The number of nitrogens with one attached hydrogen (secondary N) is 1. The maximum Gasteiger partial charge on any atom is 0.270 e. The maximum atomic E-state index is 12.6. The van der Waals surface area contributed by atoms with Crippen molar-refractivity contribution < 1.29 is 4.79 Å². The van der Waals surface area contributed by atoms with Gasteiger partial charge in [0.2, 0.25) is 0 Å². The Morgan fingerprint density at radius 1 is 1.04 bits per heavy atom. The highest BCUT2D eigenvalue weighted by molar-refractivity contribution is 6.30. The molecule has 4 nitrogen and oxygen atoms in total. The van der Waals surface area contributed by atoms with Gasteiger partial charge < -0.3 is 0 Å². The monoisotopic (exact) mass is 339 g/mol. The van der Waals surface area contributed by atoms with Crippen molar-refractivity contribution >= 4 is 17.5 Å². The van der Waals surface area contributed by atoms with Crippen molar-refractivity contribution in [1.29, 1.82) is 0 Å². The number of carbonyl (C=O) groups excluding carboxylic acids is 1. The molecule has 1 N–H and O–H groups in total. The number of halogens is 1. The largest absolute Gasteiger partial charge is 0.270 e. The summed E-state index contributed by atoms with van der Waals surface area (Å²) in [4.78, 5) is 17.2. The zero-order valence-corrected chi connectivity index (χ0v) is 14.6. The smallest absolute Gasteiger partial charge is 0.267 e. The molecular weight excluding hydrogens is 322 g/mol. The van der Waals surface area contributed by atoms with Crippen molar-refractivity contribution in [1.82, 2.24) is 9.66 Å². The van der Waals surface area contributed by atoms with Crippen LogP contribution < -0.4 is 5.43 Å². The van der Waals surface area contributed by atoms with Gasteiger partial charge in [0.25, 0.3) is 5.91 Å². The van der Waals surface area contributed by atoms with Gasteiger partial charge in [-0.05, 0) is 50.6 Å². The number of aromatic nitrogens is 2. The van der Waals surface area contributed by atoms with E-state index in [0.717, 1.165) is 28.3 Å². The molecular formula is C19H18ClN3O. The molecule has 5 heteroatoms. The van der Waals surface area contributed by atoms with Crippen LogP contribution in [0.15, 0.2) is 48.5 Å². The topological polar surface area (TPSA) is 46.9 Å². The molecule has 0 aliphatic carbocycles. The van der Waals surface area contributed by atoms with Crippen molar-refractivity contribution in [2.75, 3.05) is 5.43 Å². The summed E-state index contributed by atoms with van der Waals surface area (Å²) in [6.07, 6.45) is 0. The zero-order valence-electron chi connectivity index (χ0n) is 13.8. The third kappa shape index (κ3) is 3.05. The number of nitrogens with zero attached hydrogens (tertiary/aromatic N) is 2. The van der Waals surface area contributed by atoms with Gasteiger partial charge in [0.1, 0.15) is 0 Å². The van der Waals surface area contributed by atoms with Gasteiger partial charge in [-0.2, -0.15) is 0 Å². The molecule has 0 unspecified atom stereocenters. The Balaban J connectivity index is 2.00. The number of carbonyl (C=O) groups is 1. The number of imidazole rings is 1. The number of hydrogen-bond donors (Lipinski definition) is 1.